The van der Waals surface area contributed by atoms with Crippen molar-refractivity contribution in [2.75, 3.05) is 12.8 Å². The second kappa shape index (κ2) is 4.58. The zero-order valence-corrected chi connectivity index (χ0v) is 8.13. The summed E-state index contributed by atoms with van der Waals surface area (Å²) in [6.45, 7) is 0.328. The molecule has 1 nitrogen and oxygen atoms in total. The lowest BCUT2D eigenvalue weighted by atomic mass is 10.1. The van der Waals surface area contributed by atoms with Crippen LogP contribution in [0.4, 0.5) is 8.78 Å². The van der Waals surface area contributed by atoms with Crippen LogP contribution in [0.5, 0.6) is 0 Å². The normalized spacial score (nSPS) is 10.5. The maximum absolute atomic E-state index is 13.2. The van der Waals surface area contributed by atoms with Gasteiger partial charge in [-0.25, -0.2) is 8.78 Å². The molecular formula is C9H11F2NS. The first-order chi connectivity index (χ1) is 6.20. The molecule has 0 aliphatic rings. The third-order valence-corrected chi connectivity index (χ3v) is 2.52. The molecule has 0 heterocycles. The van der Waals surface area contributed by atoms with Crippen LogP contribution in [0.25, 0.3) is 0 Å². The molecular weight excluding hydrogens is 192 g/mol. The predicted octanol–water partition coefficient (Wildman–Crippen LogP) is 2.19. The summed E-state index contributed by atoms with van der Waals surface area (Å²) in [5, 5.41) is 0. The number of thioether (sulfide) groups is 1. The molecule has 0 bridgehead atoms. The highest BCUT2D eigenvalue weighted by atomic mass is 32.2. The lowest BCUT2D eigenvalue weighted by molar-refractivity contribution is 0.482. The van der Waals surface area contributed by atoms with E-state index < -0.39 is 11.6 Å². The third-order valence-electron chi connectivity index (χ3n) is 1.76. The summed E-state index contributed by atoms with van der Waals surface area (Å²) < 4.78 is 26.3. The molecule has 0 unspecified atom stereocenters. The summed E-state index contributed by atoms with van der Waals surface area (Å²) in [4.78, 5) is 0.332. The Hall–Kier alpha value is -0.610. The first-order valence-corrected chi connectivity index (χ1v) is 5.14. The standard InChI is InChI=1S/C9H11F2NS/c1-13-7-3-2-6(4-5-12)8(10)9(7)11/h2-3H,4-5,12H2,1H3. The van der Waals surface area contributed by atoms with Gasteiger partial charge in [-0.1, -0.05) is 6.07 Å². The summed E-state index contributed by atoms with van der Waals surface area (Å²) in [5.74, 6) is -1.53. The Bertz CT molecular complexity index is 302. The van der Waals surface area contributed by atoms with E-state index in [0.29, 0.717) is 23.4 Å². The van der Waals surface area contributed by atoms with Gasteiger partial charge in [0.25, 0.3) is 0 Å². The van der Waals surface area contributed by atoms with E-state index in [9.17, 15) is 8.78 Å². The van der Waals surface area contributed by atoms with Gasteiger partial charge in [-0.05, 0) is 30.9 Å². The van der Waals surface area contributed by atoms with Gasteiger partial charge in [-0.2, -0.15) is 0 Å². The number of halogens is 2. The number of benzene rings is 1. The van der Waals surface area contributed by atoms with Crippen molar-refractivity contribution >= 4 is 11.8 Å². The van der Waals surface area contributed by atoms with Crippen LogP contribution in [0, 0.1) is 11.6 Å². The van der Waals surface area contributed by atoms with Crippen molar-refractivity contribution in [3.05, 3.63) is 29.3 Å². The van der Waals surface area contributed by atoms with E-state index in [1.165, 1.54) is 11.8 Å². The van der Waals surface area contributed by atoms with Crippen LogP contribution in [0.2, 0.25) is 0 Å². The zero-order chi connectivity index (χ0) is 9.84. The first kappa shape index (κ1) is 10.5. The van der Waals surface area contributed by atoms with Crippen molar-refractivity contribution in [2.24, 2.45) is 5.73 Å². The molecule has 0 radical (unpaired) electrons. The molecule has 0 amide bonds. The molecule has 72 valence electrons. The van der Waals surface area contributed by atoms with Crippen LogP contribution >= 0.6 is 11.8 Å². The van der Waals surface area contributed by atoms with Crippen LogP contribution in [0.15, 0.2) is 17.0 Å². The quantitative estimate of drug-likeness (QED) is 0.762. The summed E-state index contributed by atoms with van der Waals surface area (Å²) in [6, 6.07) is 3.16. The summed E-state index contributed by atoms with van der Waals surface area (Å²) in [5.41, 5.74) is 5.60. The molecule has 13 heavy (non-hydrogen) atoms. The Balaban J connectivity index is 3.07. The summed E-state index contributed by atoms with van der Waals surface area (Å²) in [6.07, 6.45) is 2.08. The molecule has 0 aromatic heterocycles. The summed E-state index contributed by atoms with van der Waals surface area (Å²) >= 11 is 1.19. The molecule has 0 spiro atoms. The number of hydrogen-bond acceptors (Lipinski definition) is 2. The van der Waals surface area contributed by atoms with Gasteiger partial charge < -0.3 is 5.73 Å². The lowest BCUT2D eigenvalue weighted by Gasteiger charge is -2.05. The van der Waals surface area contributed by atoms with Gasteiger partial charge in [-0.3, -0.25) is 0 Å². The molecule has 0 fully saturated rings. The van der Waals surface area contributed by atoms with Gasteiger partial charge >= 0.3 is 0 Å². The molecule has 1 aromatic carbocycles. The summed E-state index contributed by atoms with van der Waals surface area (Å²) in [7, 11) is 0. The van der Waals surface area contributed by atoms with Crippen LogP contribution < -0.4 is 5.73 Å². The second-order valence-corrected chi connectivity index (χ2v) is 3.44. The average Bonchev–Trinajstić information content (AvgIpc) is 2.14. The molecule has 1 rings (SSSR count). The van der Waals surface area contributed by atoms with E-state index in [4.69, 9.17) is 5.73 Å². The van der Waals surface area contributed by atoms with E-state index in [0.717, 1.165) is 0 Å². The fourth-order valence-corrected chi connectivity index (χ4v) is 1.55. The van der Waals surface area contributed by atoms with Crippen LogP contribution in [-0.2, 0) is 6.42 Å². The van der Waals surface area contributed by atoms with Gasteiger partial charge in [0.1, 0.15) is 0 Å². The van der Waals surface area contributed by atoms with E-state index in [-0.39, 0.29) is 0 Å². The Morgan fingerprint density at radius 3 is 2.54 bits per heavy atom. The minimum absolute atomic E-state index is 0.328. The van der Waals surface area contributed by atoms with Crippen molar-refractivity contribution in [3.8, 4) is 0 Å². The monoisotopic (exact) mass is 203 g/mol. The molecule has 0 atom stereocenters. The Morgan fingerprint density at radius 1 is 1.31 bits per heavy atom. The smallest absolute Gasteiger partial charge is 0.172 e. The van der Waals surface area contributed by atoms with Crippen molar-refractivity contribution in [1.82, 2.24) is 0 Å². The fraction of sp³-hybridized carbons (Fsp3) is 0.333. The topological polar surface area (TPSA) is 26.0 Å². The SMILES string of the molecule is CSc1ccc(CCN)c(F)c1F. The third kappa shape index (κ3) is 2.19. The van der Waals surface area contributed by atoms with Crippen LogP contribution in [0.3, 0.4) is 0 Å². The van der Waals surface area contributed by atoms with E-state index in [1.807, 2.05) is 0 Å². The minimum atomic E-state index is -0.766. The van der Waals surface area contributed by atoms with Crippen molar-refractivity contribution in [3.63, 3.8) is 0 Å². The molecule has 4 heteroatoms. The van der Waals surface area contributed by atoms with Gasteiger partial charge in [0.15, 0.2) is 11.6 Å². The number of nitrogens with two attached hydrogens (primary N) is 1. The largest absolute Gasteiger partial charge is 0.330 e. The maximum Gasteiger partial charge on any atom is 0.172 e. The van der Waals surface area contributed by atoms with Gasteiger partial charge in [0.05, 0.1) is 0 Å². The van der Waals surface area contributed by atoms with Crippen molar-refractivity contribution < 1.29 is 8.78 Å². The number of rotatable bonds is 3. The average molecular weight is 203 g/mol. The predicted molar refractivity (Wildman–Crippen MR) is 50.9 cm³/mol. The second-order valence-electron chi connectivity index (χ2n) is 2.59. The molecule has 0 saturated carbocycles. The lowest BCUT2D eigenvalue weighted by Crippen LogP contribution is -2.05. The first-order valence-electron chi connectivity index (χ1n) is 3.91. The highest BCUT2D eigenvalue weighted by Gasteiger charge is 2.11. The Kier molecular flexibility index (Phi) is 3.69. The molecule has 2 N–H and O–H groups in total. The highest BCUT2D eigenvalue weighted by Crippen LogP contribution is 2.23. The molecule has 0 aliphatic heterocycles. The van der Waals surface area contributed by atoms with Crippen LogP contribution in [0.1, 0.15) is 5.56 Å². The van der Waals surface area contributed by atoms with Crippen molar-refractivity contribution in [2.45, 2.75) is 11.3 Å². The maximum atomic E-state index is 13.2. The molecule has 0 aliphatic carbocycles. The molecule has 1 aromatic rings. The van der Waals surface area contributed by atoms with Gasteiger partial charge in [0, 0.05) is 4.90 Å². The minimum Gasteiger partial charge on any atom is -0.330 e. The fourth-order valence-electron chi connectivity index (χ4n) is 1.08. The number of hydrogen-bond donors (Lipinski definition) is 1. The van der Waals surface area contributed by atoms with E-state index in [2.05, 4.69) is 0 Å². The van der Waals surface area contributed by atoms with Crippen molar-refractivity contribution in [1.29, 1.82) is 0 Å². The Labute approximate surface area is 80.3 Å². The highest BCUT2D eigenvalue weighted by molar-refractivity contribution is 7.98. The van der Waals surface area contributed by atoms with Crippen LogP contribution in [-0.4, -0.2) is 12.8 Å². The van der Waals surface area contributed by atoms with Gasteiger partial charge in [0.2, 0.25) is 0 Å². The van der Waals surface area contributed by atoms with E-state index in [1.54, 1.807) is 18.4 Å². The van der Waals surface area contributed by atoms with Gasteiger partial charge in [-0.15, -0.1) is 11.8 Å². The zero-order valence-electron chi connectivity index (χ0n) is 7.31. The molecule has 0 saturated heterocycles. The van der Waals surface area contributed by atoms with E-state index >= 15 is 0 Å². The Morgan fingerprint density at radius 2 is 2.00 bits per heavy atom.